The molecule has 1 unspecified atom stereocenters. The van der Waals surface area contributed by atoms with Gasteiger partial charge in [0.25, 0.3) is 0 Å². The molecule has 1 amide bonds. The molecule has 2 aliphatic heterocycles. The van der Waals surface area contributed by atoms with Gasteiger partial charge in [0.05, 0.1) is 24.0 Å². The van der Waals surface area contributed by atoms with Crippen molar-refractivity contribution in [2.45, 2.75) is 79.2 Å². The van der Waals surface area contributed by atoms with Gasteiger partial charge in [-0.15, -0.1) is 0 Å². The standard InChI is InChI=1S/C27H31F4N5O3.C2H6/c1-16(13-32-14-17(2)38-27(30)31)25-26(34-22-8-11-36(18(3)37)15-23(22)33-25)35-9-6-20(7-10-35)39-24-5-4-19(28)12-21(24)29;1-2/h4-5,12-14,17,20,27H,6-11,15H2,1-3H3;1-2H3/b16-13+,32-14?;. The Morgan fingerprint density at radius 3 is 2.44 bits per heavy atom. The van der Waals surface area contributed by atoms with Gasteiger partial charge in [-0.3, -0.25) is 9.79 Å². The Labute approximate surface area is 238 Å². The Hall–Kier alpha value is -3.54. The minimum absolute atomic E-state index is 0.0147. The number of halogens is 4. The van der Waals surface area contributed by atoms with Crippen molar-refractivity contribution >= 4 is 23.5 Å². The summed E-state index contributed by atoms with van der Waals surface area (Å²) in [6, 6.07) is 3.24. The molecule has 1 fully saturated rings. The molecule has 0 bridgehead atoms. The van der Waals surface area contributed by atoms with Gasteiger partial charge in [-0.05, 0) is 31.6 Å². The summed E-state index contributed by atoms with van der Waals surface area (Å²) in [4.78, 5) is 29.7. The van der Waals surface area contributed by atoms with Crippen LogP contribution in [0.25, 0.3) is 5.57 Å². The Kier molecular flexibility index (Phi) is 11.6. The van der Waals surface area contributed by atoms with Crippen LogP contribution in [0.1, 0.15) is 64.5 Å². The van der Waals surface area contributed by atoms with E-state index in [1.54, 1.807) is 11.8 Å². The fourth-order valence-electron chi connectivity index (χ4n) is 4.55. The lowest BCUT2D eigenvalue weighted by molar-refractivity contribution is -0.139. The van der Waals surface area contributed by atoms with Crippen LogP contribution in [0.3, 0.4) is 0 Å². The zero-order valence-electron chi connectivity index (χ0n) is 24.0. The van der Waals surface area contributed by atoms with E-state index in [0.717, 1.165) is 17.8 Å². The van der Waals surface area contributed by atoms with E-state index in [4.69, 9.17) is 14.7 Å². The molecule has 41 heavy (non-hydrogen) atoms. The first-order valence-corrected chi connectivity index (χ1v) is 13.8. The van der Waals surface area contributed by atoms with E-state index < -0.39 is 24.3 Å². The Balaban J connectivity index is 0.00000226. The molecule has 2 aromatic rings. The number of anilines is 1. The van der Waals surface area contributed by atoms with Crippen LogP contribution in [-0.2, 0) is 22.5 Å². The Bertz CT molecular complexity index is 1250. The molecule has 1 saturated heterocycles. The maximum Gasteiger partial charge on any atom is 0.345 e. The summed E-state index contributed by atoms with van der Waals surface area (Å²) in [6.07, 6.45) is 3.39. The number of hydrogen-bond donors (Lipinski definition) is 0. The number of nitrogens with zero attached hydrogens (tertiary/aromatic N) is 5. The third kappa shape index (κ3) is 8.72. The molecule has 224 valence electrons. The number of aromatic nitrogens is 2. The van der Waals surface area contributed by atoms with Crippen LogP contribution in [0.2, 0.25) is 0 Å². The number of carbonyl (C=O) groups excluding carboxylic acids is 1. The van der Waals surface area contributed by atoms with Gasteiger partial charge in [0, 0.05) is 64.3 Å². The number of fused-ring (bicyclic) bond motifs is 1. The number of carbonyl (C=O) groups is 1. The predicted molar refractivity (Wildman–Crippen MR) is 149 cm³/mol. The van der Waals surface area contributed by atoms with Gasteiger partial charge in [0.1, 0.15) is 17.6 Å². The van der Waals surface area contributed by atoms with E-state index in [9.17, 15) is 22.4 Å². The van der Waals surface area contributed by atoms with Crippen LogP contribution in [-0.4, -0.2) is 65.4 Å². The molecule has 8 nitrogen and oxygen atoms in total. The highest BCUT2D eigenvalue weighted by molar-refractivity contribution is 5.75. The minimum Gasteiger partial charge on any atom is -0.487 e. The first kappa shape index (κ1) is 32.0. The van der Waals surface area contributed by atoms with Gasteiger partial charge in [-0.2, -0.15) is 8.78 Å². The smallest absolute Gasteiger partial charge is 0.345 e. The summed E-state index contributed by atoms with van der Waals surface area (Å²) < 4.78 is 62.3. The minimum atomic E-state index is -2.90. The summed E-state index contributed by atoms with van der Waals surface area (Å²) in [7, 11) is 0. The lowest BCUT2D eigenvalue weighted by Gasteiger charge is -2.35. The first-order chi connectivity index (χ1) is 19.6. The average Bonchev–Trinajstić information content (AvgIpc) is 2.94. The number of piperidine rings is 1. The van der Waals surface area contributed by atoms with Crippen LogP contribution in [0.4, 0.5) is 23.4 Å². The van der Waals surface area contributed by atoms with Gasteiger partial charge in [-0.1, -0.05) is 13.8 Å². The van der Waals surface area contributed by atoms with Crippen LogP contribution in [0.5, 0.6) is 5.75 Å². The van der Waals surface area contributed by atoms with Crippen molar-refractivity contribution in [3.8, 4) is 5.75 Å². The fourth-order valence-corrected chi connectivity index (χ4v) is 4.55. The van der Waals surface area contributed by atoms with Gasteiger partial charge >= 0.3 is 6.61 Å². The Morgan fingerprint density at radius 1 is 1.10 bits per heavy atom. The van der Waals surface area contributed by atoms with E-state index in [2.05, 4.69) is 14.6 Å². The molecule has 0 saturated carbocycles. The molecule has 0 radical (unpaired) electrons. The number of amides is 1. The molecule has 1 atom stereocenters. The summed E-state index contributed by atoms with van der Waals surface area (Å²) in [6.45, 7) is 7.89. The van der Waals surface area contributed by atoms with Crippen molar-refractivity contribution in [2.75, 3.05) is 24.5 Å². The molecule has 3 heterocycles. The average molecular weight is 580 g/mol. The molecule has 12 heteroatoms. The molecule has 1 aromatic heterocycles. The van der Waals surface area contributed by atoms with Gasteiger partial charge in [0.2, 0.25) is 5.91 Å². The van der Waals surface area contributed by atoms with Crippen molar-refractivity contribution in [3.05, 3.63) is 53.1 Å². The van der Waals surface area contributed by atoms with Crippen molar-refractivity contribution in [2.24, 2.45) is 4.99 Å². The summed E-state index contributed by atoms with van der Waals surface area (Å²) in [5.74, 6) is -0.784. The van der Waals surface area contributed by atoms with Gasteiger partial charge in [-0.25, -0.2) is 18.7 Å². The lowest BCUT2D eigenvalue weighted by atomic mass is 10.1. The monoisotopic (exact) mass is 579 g/mol. The third-order valence-electron chi connectivity index (χ3n) is 6.62. The third-order valence-corrected chi connectivity index (χ3v) is 6.62. The van der Waals surface area contributed by atoms with Gasteiger partial charge < -0.3 is 19.3 Å². The van der Waals surface area contributed by atoms with Crippen molar-refractivity contribution in [3.63, 3.8) is 0 Å². The molecular formula is C29H37F4N5O3. The summed E-state index contributed by atoms with van der Waals surface area (Å²) >= 11 is 0. The summed E-state index contributed by atoms with van der Waals surface area (Å²) in [5, 5.41) is 0. The van der Waals surface area contributed by atoms with Gasteiger partial charge in [0.15, 0.2) is 17.4 Å². The fraction of sp³-hybridized carbons (Fsp3) is 0.517. The molecule has 0 N–H and O–H groups in total. The van der Waals surface area contributed by atoms with Crippen LogP contribution < -0.4 is 9.64 Å². The topological polar surface area (TPSA) is 80.2 Å². The zero-order valence-corrected chi connectivity index (χ0v) is 24.0. The quantitative estimate of drug-likeness (QED) is 0.291. The maximum absolute atomic E-state index is 14.1. The first-order valence-electron chi connectivity index (χ1n) is 13.8. The second-order valence-corrected chi connectivity index (χ2v) is 9.57. The molecule has 1 aromatic carbocycles. The number of allylic oxidation sites excluding steroid dienone is 1. The molecule has 0 aliphatic carbocycles. The van der Waals surface area contributed by atoms with Crippen LogP contribution >= 0.6 is 0 Å². The highest BCUT2D eigenvalue weighted by Crippen LogP contribution is 2.31. The summed E-state index contributed by atoms with van der Waals surface area (Å²) in [5.41, 5.74) is 2.75. The van der Waals surface area contributed by atoms with E-state index in [1.165, 1.54) is 32.3 Å². The SMILES string of the molecule is CC.CC(=O)N1CCc2nc(N3CCC(Oc4ccc(F)cc4F)CC3)c(/C(C)=C/N=CC(C)OC(F)F)nc2C1. The van der Waals surface area contributed by atoms with Crippen molar-refractivity contribution < 1.29 is 31.8 Å². The number of hydrogen-bond acceptors (Lipinski definition) is 7. The highest BCUT2D eigenvalue weighted by atomic mass is 19.3. The normalized spacial score (nSPS) is 16.9. The lowest BCUT2D eigenvalue weighted by Crippen LogP contribution is -2.40. The Morgan fingerprint density at radius 2 is 1.80 bits per heavy atom. The molecular weight excluding hydrogens is 542 g/mol. The number of rotatable bonds is 8. The highest BCUT2D eigenvalue weighted by Gasteiger charge is 2.28. The molecule has 4 rings (SSSR count). The number of alkyl halides is 2. The zero-order chi connectivity index (χ0) is 30.1. The number of aliphatic imine (C=N–C) groups is 1. The second kappa shape index (κ2) is 14.9. The predicted octanol–water partition coefficient (Wildman–Crippen LogP) is 5.79. The van der Waals surface area contributed by atoms with E-state index in [1.807, 2.05) is 13.8 Å². The molecule has 0 spiro atoms. The second-order valence-electron chi connectivity index (χ2n) is 9.57. The molecule has 2 aliphatic rings. The number of benzene rings is 1. The van der Waals surface area contributed by atoms with E-state index >= 15 is 0 Å². The maximum atomic E-state index is 14.1. The van der Waals surface area contributed by atoms with Crippen LogP contribution in [0, 0.1) is 11.6 Å². The van der Waals surface area contributed by atoms with Crippen LogP contribution in [0.15, 0.2) is 29.4 Å². The number of ether oxygens (including phenoxy) is 2. The van der Waals surface area contributed by atoms with E-state index in [-0.39, 0.29) is 17.8 Å². The van der Waals surface area contributed by atoms with Crippen molar-refractivity contribution in [1.82, 2.24) is 14.9 Å². The van der Waals surface area contributed by atoms with Crippen molar-refractivity contribution in [1.29, 1.82) is 0 Å². The largest absolute Gasteiger partial charge is 0.487 e. The van der Waals surface area contributed by atoms with E-state index in [0.29, 0.717) is 68.2 Å².